The average Bonchev–Trinajstić information content (AvgIpc) is 2.69. The van der Waals surface area contributed by atoms with E-state index in [9.17, 15) is 9.18 Å². The predicted molar refractivity (Wildman–Crippen MR) is 60.8 cm³/mol. The fourth-order valence-corrected chi connectivity index (χ4v) is 1.56. The molecule has 18 heavy (non-hydrogen) atoms. The van der Waals surface area contributed by atoms with E-state index in [1.807, 2.05) is 6.07 Å². The minimum atomic E-state index is -0.758. The molecule has 2 rings (SSSR count). The van der Waals surface area contributed by atoms with Gasteiger partial charge in [0.15, 0.2) is 17.3 Å². The minimum Gasteiger partial charge on any atom is -0.295 e. The molecule has 0 aromatic carbocycles. The van der Waals surface area contributed by atoms with E-state index >= 15 is 0 Å². The van der Waals surface area contributed by atoms with Crippen LogP contribution in [0.5, 0.6) is 0 Å². The lowest BCUT2D eigenvalue weighted by Crippen LogP contribution is -2.06. The smallest absolute Gasteiger partial charge is 0.215 e. The van der Waals surface area contributed by atoms with Crippen LogP contribution in [0.4, 0.5) is 4.39 Å². The third kappa shape index (κ3) is 2.11. The van der Waals surface area contributed by atoms with E-state index in [0.717, 1.165) is 6.07 Å². The van der Waals surface area contributed by atoms with Crippen LogP contribution >= 0.6 is 0 Å². The molecular weight excluding hydrogens is 235 g/mol. The lowest BCUT2D eigenvalue weighted by Gasteiger charge is -2.04. The van der Waals surface area contributed by atoms with Crippen molar-refractivity contribution in [2.24, 2.45) is 0 Å². The van der Waals surface area contributed by atoms with E-state index < -0.39 is 5.95 Å². The van der Waals surface area contributed by atoms with Crippen LogP contribution in [0, 0.1) is 24.2 Å². The maximum atomic E-state index is 13.3. The summed E-state index contributed by atoms with van der Waals surface area (Å²) in [5.74, 6) is -0.840. The molecule has 6 heteroatoms. The van der Waals surface area contributed by atoms with Crippen LogP contribution in [0.15, 0.2) is 18.2 Å². The van der Waals surface area contributed by atoms with Crippen molar-refractivity contribution in [1.29, 1.82) is 5.26 Å². The maximum Gasteiger partial charge on any atom is 0.215 e. The number of carbonyl (C=O) groups excluding carboxylic acids is 1. The average molecular weight is 244 g/mol. The van der Waals surface area contributed by atoms with Crippen molar-refractivity contribution in [3.8, 4) is 11.9 Å². The van der Waals surface area contributed by atoms with Crippen LogP contribution in [-0.4, -0.2) is 20.5 Å². The quantitative estimate of drug-likeness (QED) is 0.596. The van der Waals surface area contributed by atoms with Crippen molar-refractivity contribution >= 4 is 5.78 Å². The maximum absolute atomic E-state index is 13.3. The van der Waals surface area contributed by atoms with Crippen molar-refractivity contribution in [3.63, 3.8) is 0 Å². The Morgan fingerprint density at radius 1 is 1.44 bits per heavy atom. The first-order valence-corrected chi connectivity index (χ1v) is 5.17. The zero-order valence-electron chi connectivity index (χ0n) is 9.81. The molecule has 0 bridgehead atoms. The van der Waals surface area contributed by atoms with Crippen LogP contribution in [0.25, 0.3) is 5.82 Å². The van der Waals surface area contributed by atoms with Gasteiger partial charge in [0.1, 0.15) is 6.07 Å². The number of nitriles is 1. The van der Waals surface area contributed by atoms with Crippen LogP contribution in [0.1, 0.15) is 28.7 Å². The molecule has 0 radical (unpaired) electrons. The predicted octanol–water partition coefficient (Wildman–Crippen LogP) is 1.79. The molecule has 0 amide bonds. The molecule has 0 saturated heterocycles. The highest BCUT2D eigenvalue weighted by Crippen LogP contribution is 2.13. The van der Waals surface area contributed by atoms with Gasteiger partial charge in [-0.25, -0.2) is 9.67 Å². The van der Waals surface area contributed by atoms with Crippen molar-refractivity contribution in [2.45, 2.75) is 13.8 Å². The molecule has 2 aromatic rings. The molecule has 90 valence electrons. The number of hydrogen-bond donors (Lipinski definition) is 0. The van der Waals surface area contributed by atoms with Crippen molar-refractivity contribution in [2.75, 3.05) is 0 Å². The molecular formula is C12H9FN4O. The summed E-state index contributed by atoms with van der Waals surface area (Å²) in [5, 5.41) is 12.7. The second-order valence-corrected chi connectivity index (χ2v) is 3.79. The fourth-order valence-electron chi connectivity index (χ4n) is 1.56. The number of carbonyl (C=O) groups is 1. The largest absolute Gasteiger partial charge is 0.295 e. The molecule has 0 aliphatic rings. The summed E-state index contributed by atoms with van der Waals surface area (Å²) < 4.78 is 14.7. The number of aromatic nitrogens is 3. The third-order valence-electron chi connectivity index (χ3n) is 2.41. The molecule has 0 N–H and O–H groups in total. The highest BCUT2D eigenvalue weighted by molar-refractivity contribution is 5.94. The van der Waals surface area contributed by atoms with Gasteiger partial charge >= 0.3 is 0 Å². The summed E-state index contributed by atoms with van der Waals surface area (Å²) in [6.45, 7) is 3.06. The second-order valence-electron chi connectivity index (χ2n) is 3.79. The van der Waals surface area contributed by atoms with Gasteiger partial charge in [0.2, 0.25) is 5.95 Å². The Morgan fingerprint density at radius 3 is 2.72 bits per heavy atom. The van der Waals surface area contributed by atoms with Crippen molar-refractivity contribution < 1.29 is 9.18 Å². The number of ketones is 1. The summed E-state index contributed by atoms with van der Waals surface area (Å²) >= 11 is 0. The van der Waals surface area contributed by atoms with E-state index in [-0.39, 0.29) is 22.9 Å². The Bertz CT molecular complexity index is 669. The number of halogens is 1. The summed E-state index contributed by atoms with van der Waals surface area (Å²) in [4.78, 5) is 14.9. The van der Waals surface area contributed by atoms with Gasteiger partial charge in [0.25, 0.3) is 0 Å². The number of Topliss-reactive ketones (excluding diaryl/α,β-unsaturated/α-hetero) is 1. The van der Waals surface area contributed by atoms with Crippen LogP contribution in [-0.2, 0) is 0 Å². The van der Waals surface area contributed by atoms with E-state index in [2.05, 4.69) is 10.1 Å². The highest BCUT2D eigenvalue weighted by Gasteiger charge is 2.11. The molecule has 0 spiro atoms. The Hall–Kier alpha value is -2.55. The third-order valence-corrected chi connectivity index (χ3v) is 2.41. The summed E-state index contributed by atoms with van der Waals surface area (Å²) in [6, 6.07) is 5.95. The Labute approximate surface area is 102 Å². The monoisotopic (exact) mass is 244 g/mol. The van der Waals surface area contributed by atoms with Gasteiger partial charge < -0.3 is 0 Å². The van der Waals surface area contributed by atoms with E-state index in [0.29, 0.717) is 5.69 Å². The topological polar surface area (TPSA) is 71.6 Å². The van der Waals surface area contributed by atoms with Gasteiger partial charge in [0.05, 0.1) is 0 Å². The molecule has 0 unspecified atom stereocenters. The molecule has 5 nitrogen and oxygen atoms in total. The summed E-state index contributed by atoms with van der Waals surface area (Å²) in [7, 11) is 0. The summed E-state index contributed by atoms with van der Waals surface area (Å²) in [6.07, 6.45) is 0. The minimum absolute atomic E-state index is 0.180. The normalized spacial score (nSPS) is 10.1. The first kappa shape index (κ1) is 11.9. The lowest BCUT2D eigenvalue weighted by molar-refractivity contribution is 0.101. The van der Waals surface area contributed by atoms with Gasteiger partial charge in [-0.3, -0.25) is 4.79 Å². The van der Waals surface area contributed by atoms with Crippen molar-refractivity contribution in [3.05, 3.63) is 41.1 Å². The number of hydrogen-bond acceptors (Lipinski definition) is 4. The van der Waals surface area contributed by atoms with Crippen LogP contribution in [0.3, 0.4) is 0 Å². The first-order valence-electron chi connectivity index (χ1n) is 5.17. The first-order chi connectivity index (χ1) is 8.51. The summed E-state index contributed by atoms with van der Waals surface area (Å²) in [5.41, 5.74) is 1.06. The molecule has 2 heterocycles. The molecule has 0 saturated carbocycles. The number of aryl methyl sites for hydroxylation is 1. The molecule has 0 atom stereocenters. The zero-order valence-corrected chi connectivity index (χ0v) is 9.81. The number of rotatable bonds is 2. The Kier molecular flexibility index (Phi) is 2.90. The Balaban J connectivity index is 2.60. The van der Waals surface area contributed by atoms with Gasteiger partial charge in [-0.1, -0.05) is 0 Å². The fraction of sp³-hybridized carbons (Fsp3) is 0.167. The van der Waals surface area contributed by atoms with Crippen LogP contribution < -0.4 is 0 Å². The Morgan fingerprint density at radius 2 is 2.17 bits per heavy atom. The lowest BCUT2D eigenvalue weighted by atomic mass is 10.2. The molecule has 0 aliphatic carbocycles. The van der Waals surface area contributed by atoms with Crippen molar-refractivity contribution in [1.82, 2.24) is 14.8 Å². The van der Waals surface area contributed by atoms with Gasteiger partial charge in [0, 0.05) is 17.3 Å². The van der Waals surface area contributed by atoms with E-state index in [4.69, 9.17) is 5.26 Å². The van der Waals surface area contributed by atoms with E-state index in [1.165, 1.54) is 17.7 Å². The molecule has 0 fully saturated rings. The number of nitrogens with zero attached hydrogens (tertiary/aromatic N) is 4. The van der Waals surface area contributed by atoms with Gasteiger partial charge in [-0.2, -0.15) is 14.8 Å². The SMILES string of the molecule is CC(=O)c1cc(F)nc(-n2nc(C#N)cc2C)c1. The van der Waals surface area contributed by atoms with Gasteiger partial charge in [-0.15, -0.1) is 0 Å². The standard InChI is InChI=1S/C12H9FN4O/c1-7-3-10(6-14)16-17(7)12-5-9(8(2)18)4-11(13)15-12/h3-5H,1-2H3. The number of pyridine rings is 1. The van der Waals surface area contributed by atoms with E-state index in [1.54, 1.807) is 13.0 Å². The zero-order chi connectivity index (χ0) is 13.3. The molecule has 0 aliphatic heterocycles. The van der Waals surface area contributed by atoms with Crippen LogP contribution in [0.2, 0.25) is 0 Å². The molecule has 2 aromatic heterocycles. The highest BCUT2D eigenvalue weighted by atomic mass is 19.1. The van der Waals surface area contributed by atoms with Gasteiger partial charge in [-0.05, 0) is 26.0 Å². The second kappa shape index (κ2) is 4.37.